The van der Waals surface area contributed by atoms with Crippen molar-refractivity contribution in [1.82, 2.24) is 18.9 Å². The maximum atomic E-state index is 11.4. The van der Waals surface area contributed by atoms with Crippen molar-refractivity contribution < 1.29 is 8.42 Å². The zero-order chi connectivity index (χ0) is 11.2. The number of fused-ring (bicyclic) bond motifs is 1. The lowest BCUT2D eigenvalue weighted by atomic mass is 10.5. The second-order valence-electron chi connectivity index (χ2n) is 2.93. The lowest BCUT2D eigenvalue weighted by Crippen LogP contribution is -2.18. The molecule has 0 spiro atoms. The topological polar surface area (TPSA) is 124 Å². The van der Waals surface area contributed by atoms with E-state index in [0.29, 0.717) is 0 Å². The van der Waals surface area contributed by atoms with Crippen molar-refractivity contribution in [3.05, 3.63) is 16.7 Å². The fourth-order valence-corrected chi connectivity index (χ4v) is 1.89. The van der Waals surface area contributed by atoms with Gasteiger partial charge < -0.3 is 5.73 Å². The van der Waals surface area contributed by atoms with Gasteiger partial charge in [-0.15, -0.1) is 0 Å². The molecule has 15 heavy (non-hydrogen) atoms. The summed E-state index contributed by atoms with van der Waals surface area (Å²) in [5.74, 6) is -0.105. The Morgan fingerprint density at radius 1 is 1.53 bits per heavy atom. The van der Waals surface area contributed by atoms with Gasteiger partial charge in [-0.25, -0.2) is 17.4 Å². The van der Waals surface area contributed by atoms with Crippen molar-refractivity contribution in [3.8, 4) is 0 Å². The van der Waals surface area contributed by atoms with Crippen molar-refractivity contribution in [2.45, 2.75) is 0 Å². The van der Waals surface area contributed by atoms with Crippen molar-refractivity contribution in [1.29, 1.82) is 0 Å². The third-order valence-corrected chi connectivity index (χ3v) is 2.75. The van der Waals surface area contributed by atoms with Crippen LogP contribution in [0.3, 0.4) is 0 Å². The molecule has 8 nitrogen and oxygen atoms in total. The normalized spacial score (nSPS) is 12.1. The molecule has 0 radical (unpaired) electrons. The van der Waals surface area contributed by atoms with Crippen LogP contribution in [0.1, 0.15) is 0 Å². The Hall–Kier alpha value is -1.90. The van der Waals surface area contributed by atoms with Gasteiger partial charge in [0.2, 0.25) is 16.0 Å². The maximum Gasteiger partial charge on any atom is 0.279 e. The number of nitrogen functional groups attached to an aromatic ring is 1. The predicted octanol–water partition coefficient (Wildman–Crippen LogP) is -1.49. The molecule has 9 heteroatoms. The van der Waals surface area contributed by atoms with Crippen molar-refractivity contribution in [2.24, 2.45) is 0 Å². The number of nitrogens with zero attached hydrogens (tertiary/aromatic N) is 3. The van der Waals surface area contributed by atoms with Crippen LogP contribution >= 0.6 is 0 Å². The molecular weight excluding hydrogens is 222 g/mol. The summed E-state index contributed by atoms with van der Waals surface area (Å²) in [5.41, 5.74) is 4.51. The second-order valence-corrected chi connectivity index (χ2v) is 4.79. The van der Waals surface area contributed by atoms with E-state index in [1.807, 2.05) is 0 Å². The Bertz CT molecular complexity index is 682. The van der Waals surface area contributed by atoms with Gasteiger partial charge in [0.1, 0.15) is 6.33 Å². The molecule has 0 aliphatic heterocycles. The van der Waals surface area contributed by atoms with E-state index in [-0.39, 0.29) is 17.1 Å². The summed E-state index contributed by atoms with van der Waals surface area (Å²) in [6.07, 6.45) is 1.98. The van der Waals surface area contributed by atoms with Crippen LogP contribution in [0, 0.1) is 0 Å². The first-order chi connectivity index (χ1) is 6.89. The molecule has 3 N–H and O–H groups in total. The van der Waals surface area contributed by atoms with E-state index in [2.05, 4.69) is 15.0 Å². The number of aromatic nitrogens is 4. The van der Waals surface area contributed by atoms with Crippen LogP contribution in [0.15, 0.2) is 11.1 Å². The number of nitrogens with one attached hydrogen (secondary N) is 1. The highest BCUT2D eigenvalue weighted by atomic mass is 32.2. The van der Waals surface area contributed by atoms with E-state index in [1.165, 1.54) is 0 Å². The average molecular weight is 229 g/mol. The number of hydrogen-bond donors (Lipinski definition) is 2. The highest BCUT2D eigenvalue weighted by Crippen LogP contribution is 2.07. The highest BCUT2D eigenvalue weighted by molar-refractivity contribution is 7.89. The van der Waals surface area contributed by atoms with Gasteiger partial charge >= 0.3 is 0 Å². The van der Waals surface area contributed by atoms with Crippen molar-refractivity contribution in [2.75, 3.05) is 12.0 Å². The van der Waals surface area contributed by atoms with E-state index in [4.69, 9.17) is 5.73 Å². The summed E-state index contributed by atoms with van der Waals surface area (Å²) in [4.78, 5) is 21.0. The molecule has 0 unspecified atom stereocenters. The van der Waals surface area contributed by atoms with E-state index in [0.717, 1.165) is 16.6 Å². The minimum Gasteiger partial charge on any atom is -0.369 e. The van der Waals surface area contributed by atoms with Gasteiger partial charge in [-0.1, -0.05) is 0 Å². The van der Waals surface area contributed by atoms with Crippen LogP contribution in [0.4, 0.5) is 5.95 Å². The number of aromatic amines is 1. The first kappa shape index (κ1) is 9.65. The highest BCUT2D eigenvalue weighted by Gasteiger charge is 2.15. The molecule has 2 aromatic rings. The molecular formula is C6H7N5O3S. The van der Waals surface area contributed by atoms with Crippen LogP contribution in [0.25, 0.3) is 11.2 Å². The molecule has 2 heterocycles. The van der Waals surface area contributed by atoms with Crippen LogP contribution < -0.4 is 11.3 Å². The minimum atomic E-state index is -3.57. The molecule has 0 fully saturated rings. The fraction of sp³-hybridized carbons (Fsp3) is 0.167. The summed E-state index contributed by atoms with van der Waals surface area (Å²) in [5, 5.41) is 0. The second kappa shape index (κ2) is 2.79. The average Bonchev–Trinajstić information content (AvgIpc) is 2.45. The van der Waals surface area contributed by atoms with Gasteiger partial charge in [0, 0.05) is 0 Å². The van der Waals surface area contributed by atoms with E-state index in [9.17, 15) is 13.2 Å². The number of hydrogen-bond acceptors (Lipinski definition) is 6. The summed E-state index contributed by atoms with van der Waals surface area (Å²) in [6, 6.07) is 0. The SMILES string of the molecule is CS(=O)(=O)n1cnc2nc(N)[nH]c(=O)c21. The summed E-state index contributed by atoms with van der Waals surface area (Å²) < 4.78 is 23.3. The van der Waals surface area contributed by atoms with Gasteiger partial charge in [0.25, 0.3) is 5.56 Å². The molecule has 0 saturated heterocycles. The lowest BCUT2D eigenvalue weighted by Gasteiger charge is -1.98. The molecule has 0 aliphatic carbocycles. The van der Waals surface area contributed by atoms with E-state index in [1.54, 1.807) is 0 Å². The smallest absolute Gasteiger partial charge is 0.279 e. The summed E-state index contributed by atoms with van der Waals surface area (Å²) >= 11 is 0. The third-order valence-electron chi connectivity index (χ3n) is 1.76. The van der Waals surface area contributed by atoms with Gasteiger partial charge in [-0.3, -0.25) is 9.78 Å². The van der Waals surface area contributed by atoms with Gasteiger partial charge in [0.05, 0.1) is 6.26 Å². The predicted molar refractivity (Wildman–Crippen MR) is 52.8 cm³/mol. The third kappa shape index (κ3) is 1.46. The zero-order valence-electron chi connectivity index (χ0n) is 7.63. The largest absolute Gasteiger partial charge is 0.369 e. The van der Waals surface area contributed by atoms with Gasteiger partial charge in [-0.2, -0.15) is 4.98 Å². The van der Waals surface area contributed by atoms with Gasteiger partial charge in [-0.05, 0) is 0 Å². The standard InChI is InChI=1S/C6H7N5O3S/c1-15(13,14)11-2-8-4-3(11)5(12)10-6(7)9-4/h2H,1H3,(H3,7,9,10,12). The molecule has 0 aliphatic rings. The molecule has 0 atom stereocenters. The maximum absolute atomic E-state index is 11.4. The molecule has 0 saturated carbocycles. The number of imidazole rings is 1. The van der Waals surface area contributed by atoms with E-state index >= 15 is 0 Å². The Morgan fingerprint density at radius 3 is 2.80 bits per heavy atom. The number of rotatable bonds is 1. The van der Waals surface area contributed by atoms with Crippen LogP contribution in [-0.4, -0.2) is 33.6 Å². The van der Waals surface area contributed by atoms with Gasteiger partial charge in [0.15, 0.2) is 11.2 Å². The van der Waals surface area contributed by atoms with Crippen molar-refractivity contribution in [3.63, 3.8) is 0 Å². The zero-order valence-corrected chi connectivity index (χ0v) is 8.45. The van der Waals surface area contributed by atoms with E-state index < -0.39 is 15.6 Å². The fourth-order valence-electron chi connectivity index (χ4n) is 1.18. The Morgan fingerprint density at radius 2 is 2.20 bits per heavy atom. The molecule has 2 aromatic heterocycles. The van der Waals surface area contributed by atoms with Crippen LogP contribution in [0.5, 0.6) is 0 Å². The Balaban J connectivity index is 3.00. The number of nitrogens with two attached hydrogens (primary N) is 1. The first-order valence-electron chi connectivity index (χ1n) is 3.83. The minimum absolute atomic E-state index is 0.00155. The van der Waals surface area contributed by atoms with Crippen molar-refractivity contribution >= 4 is 27.1 Å². The molecule has 0 bridgehead atoms. The molecule has 2 rings (SSSR count). The summed E-state index contributed by atoms with van der Waals surface area (Å²) in [6.45, 7) is 0. The quantitative estimate of drug-likeness (QED) is 0.613. The monoisotopic (exact) mass is 229 g/mol. The first-order valence-corrected chi connectivity index (χ1v) is 5.68. The number of H-pyrrole nitrogens is 1. The molecule has 80 valence electrons. The van der Waals surface area contributed by atoms with Crippen LogP contribution in [-0.2, 0) is 10.0 Å². The Labute approximate surface area is 83.8 Å². The Kier molecular flexibility index (Phi) is 1.80. The lowest BCUT2D eigenvalue weighted by molar-refractivity contribution is 0.594. The number of anilines is 1. The molecule has 0 aromatic carbocycles. The van der Waals surface area contributed by atoms with Crippen LogP contribution in [0.2, 0.25) is 0 Å². The summed E-state index contributed by atoms with van der Waals surface area (Å²) in [7, 11) is -3.57. The molecule has 0 amide bonds.